The maximum atomic E-state index is 12.4. The lowest BCUT2D eigenvalue weighted by molar-refractivity contribution is -0.121. The Morgan fingerprint density at radius 3 is 2.50 bits per heavy atom. The minimum Gasteiger partial charge on any atom is -0.394 e. The van der Waals surface area contributed by atoms with Crippen LogP contribution in [0.4, 0.5) is 0 Å². The summed E-state index contributed by atoms with van der Waals surface area (Å²) >= 11 is 0. The first-order valence-electron chi connectivity index (χ1n) is 8.40. The number of nitrogens with zero attached hydrogens (tertiary/aromatic N) is 2. The quantitative estimate of drug-likeness (QED) is 0.820. The molecular weight excluding hydrogens is 302 g/mol. The van der Waals surface area contributed by atoms with E-state index in [1.807, 2.05) is 48.9 Å². The number of hydrogen-bond donors (Lipinski definition) is 2. The van der Waals surface area contributed by atoms with Crippen molar-refractivity contribution in [2.75, 3.05) is 6.61 Å². The molecule has 1 aromatic heterocycles. The lowest BCUT2D eigenvalue weighted by atomic mass is 10.1. The summed E-state index contributed by atoms with van der Waals surface area (Å²) in [6.07, 6.45) is 0.277. The molecule has 1 heterocycles. The van der Waals surface area contributed by atoms with Crippen LogP contribution in [0.1, 0.15) is 42.4 Å². The molecule has 5 nitrogen and oxygen atoms in total. The standard InChI is InChI=1S/C19H27N3O2/c1-13(2)11-22-15(4)17(14(3)21-22)10-19(24)20-18(12-23)16-8-6-5-7-9-16/h5-9,13,18,23H,10-12H2,1-4H3,(H,20,24)/t18-/m1/s1. The number of carbonyl (C=O) groups excluding carboxylic acids is 1. The summed E-state index contributed by atoms with van der Waals surface area (Å²) in [4.78, 5) is 12.4. The third-order valence-corrected chi connectivity index (χ3v) is 4.13. The molecule has 1 amide bonds. The molecule has 0 aliphatic heterocycles. The van der Waals surface area contributed by atoms with E-state index >= 15 is 0 Å². The van der Waals surface area contributed by atoms with Gasteiger partial charge in [0.15, 0.2) is 0 Å². The summed E-state index contributed by atoms with van der Waals surface area (Å²) in [5, 5.41) is 17.0. The van der Waals surface area contributed by atoms with Gasteiger partial charge in [-0.15, -0.1) is 0 Å². The topological polar surface area (TPSA) is 67.2 Å². The maximum Gasteiger partial charge on any atom is 0.225 e. The number of carbonyl (C=O) groups is 1. The zero-order chi connectivity index (χ0) is 17.7. The van der Waals surface area contributed by atoms with Crippen molar-refractivity contribution in [3.05, 3.63) is 52.8 Å². The highest BCUT2D eigenvalue weighted by Gasteiger charge is 2.18. The molecular formula is C19H27N3O2. The Balaban J connectivity index is 2.08. The molecule has 0 bridgehead atoms. The van der Waals surface area contributed by atoms with Crippen LogP contribution in [-0.2, 0) is 17.8 Å². The lowest BCUT2D eigenvalue weighted by Gasteiger charge is -2.17. The van der Waals surface area contributed by atoms with Crippen LogP contribution in [0.5, 0.6) is 0 Å². The number of aliphatic hydroxyl groups excluding tert-OH is 1. The number of nitrogens with one attached hydrogen (secondary N) is 1. The summed E-state index contributed by atoms with van der Waals surface area (Å²) in [5.74, 6) is 0.398. The second kappa shape index (κ2) is 8.11. The first kappa shape index (κ1) is 18.2. The predicted octanol–water partition coefficient (Wildman–Crippen LogP) is 2.55. The lowest BCUT2D eigenvalue weighted by Crippen LogP contribution is -2.32. The summed E-state index contributed by atoms with van der Waals surface area (Å²) in [6, 6.07) is 9.12. The van der Waals surface area contributed by atoms with Gasteiger partial charge >= 0.3 is 0 Å². The zero-order valence-electron chi connectivity index (χ0n) is 14.9. The molecule has 1 aromatic carbocycles. The van der Waals surface area contributed by atoms with Gasteiger partial charge in [0, 0.05) is 17.8 Å². The number of hydrogen-bond acceptors (Lipinski definition) is 3. The molecule has 0 spiro atoms. The van der Waals surface area contributed by atoms with Crippen molar-refractivity contribution in [3.63, 3.8) is 0 Å². The van der Waals surface area contributed by atoms with Gasteiger partial charge in [0.2, 0.25) is 5.91 Å². The number of rotatable bonds is 7. The van der Waals surface area contributed by atoms with Crippen molar-refractivity contribution in [1.82, 2.24) is 15.1 Å². The maximum absolute atomic E-state index is 12.4. The molecule has 0 aliphatic carbocycles. The van der Waals surface area contributed by atoms with Crippen LogP contribution in [0.3, 0.4) is 0 Å². The van der Waals surface area contributed by atoms with E-state index in [1.165, 1.54) is 0 Å². The van der Waals surface area contributed by atoms with Crippen molar-refractivity contribution >= 4 is 5.91 Å². The van der Waals surface area contributed by atoms with E-state index in [2.05, 4.69) is 24.3 Å². The molecule has 2 N–H and O–H groups in total. The van der Waals surface area contributed by atoms with Crippen LogP contribution < -0.4 is 5.32 Å². The zero-order valence-corrected chi connectivity index (χ0v) is 14.9. The average molecular weight is 329 g/mol. The van der Waals surface area contributed by atoms with Gasteiger partial charge in [-0.1, -0.05) is 44.2 Å². The van der Waals surface area contributed by atoms with E-state index in [4.69, 9.17) is 0 Å². The van der Waals surface area contributed by atoms with Crippen LogP contribution in [0.15, 0.2) is 30.3 Å². The Bertz CT molecular complexity index is 677. The Hall–Kier alpha value is -2.14. The normalized spacial score (nSPS) is 12.4. The van der Waals surface area contributed by atoms with E-state index < -0.39 is 0 Å². The SMILES string of the molecule is Cc1nn(CC(C)C)c(C)c1CC(=O)N[C@H](CO)c1ccccc1. The van der Waals surface area contributed by atoms with E-state index in [0.717, 1.165) is 29.1 Å². The Labute approximate surface area is 143 Å². The fourth-order valence-electron chi connectivity index (χ4n) is 2.84. The third kappa shape index (κ3) is 4.45. The van der Waals surface area contributed by atoms with Gasteiger partial charge in [-0.2, -0.15) is 5.10 Å². The van der Waals surface area contributed by atoms with Gasteiger partial charge in [-0.05, 0) is 25.3 Å². The summed E-state index contributed by atoms with van der Waals surface area (Å²) in [5.41, 5.74) is 3.80. The molecule has 5 heteroatoms. The number of aromatic nitrogens is 2. The van der Waals surface area contributed by atoms with Gasteiger partial charge in [-0.3, -0.25) is 9.48 Å². The first-order chi connectivity index (χ1) is 11.4. The molecule has 0 fully saturated rings. The summed E-state index contributed by atoms with van der Waals surface area (Å²) in [7, 11) is 0. The highest BCUT2D eigenvalue weighted by Crippen LogP contribution is 2.17. The van der Waals surface area contributed by atoms with Gasteiger partial charge in [0.05, 0.1) is 24.8 Å². The minimum atomic E-state index is -0.384. The second-order valence-electron chi connectivity index (χ2n) is 6.62. The molecule has 0 saturated carbocycles. The third-order valence-electron chi connectivity index (χ3n) is 4.13. The van der Waals surface area contributed by atoms with Crippen LogP contribution in [-0.4, -0.2) is 27.4 Å². The van der Waals surface area contributed by atoms with E-state index in [1.54, 1.807) is 0 Å². The van der Waals surface area contributed by atoms with Crippen molar-refractivity contribution in [2.24, 2.45) is 5.92 Å². The molecule has 0 saturated heterocycles. The molecule has 1 atom stereocenters. The Morgan fingerprint density at radius 2 is 1.92 bits per heavy atom. The van der Waals surface area contributed by atoms with Crippen LogP contribution in [0.25, 0.3) is 0 Å². The molecule has 130 valence electrons. The van der Waals surface area contributed by atoms with Crippen LogP contribution in [0, 0.1) is 19.8 Å². The number of aliphatic hydroxyl groups is 1. The van der Waals surface area contributed by atoms with Crippen LogP contribution in [0.2, 0.25) is 0 Å². The fourth-order valence-corrected chi connectivity index (χ4v) is 2.84. The average Bonchev–Trinajstić information content (AvgIpc) is 2.80. The first-order valence-corrected chi connectivity index (χ1v) is 8.40. The number of benzene rings is 1. The van der Waals surface area contributed by atoms with Crippen molar-refractivity contribution < 1.29 is 9.90 Å². The smallest absolute Gasteiger partial charge is 0.225 e. The molecule has 2 aromatic rings. The largest absolute Gasteiger partial charge is 0.394 e. The van der Waals surface area contributed by atoms with Gasteiger partial charge in [-0.25, -0.2) is 0 Å². The molecule has 0 radical (unpaired) electrons. The van der Waals surface area contributed by atoms with Crippen molar-refractivity contribution in [3.8, 4) is 0 Å². The highest BCUT2D eigenvalue weighted by molar-refractivity contribution is 5.79. The van der Waals surface area contributed by atoms with Crippen molar-refractivity contribution in [2.45, 2.75) is 46.7 Å². The molecule has 0 unspecified atom stereocenters. The molecule has 24 heavy (non-hydrogen) atoms. The molecule has 0 aliphatic rings. The number of aryl methyl sites for hydroxylation is 1. The fraction of sp³-hybridized carbons (Fsp3) is 0.474. The monoisotopic (exact) mass is 329 g/mol. The van der Waals surface area contributed by atoms with E-state index in [-0.39, 0.29) is 25.0 Å². The van der Waals surface area contributed by atoms with Gasteiger partial charge < -0.3 is 10.4 Å². The van der Waals surface area contributed by atoms with E-state index in [9.17, 15) is 9.90 Å². The number of amides is 1. The Kier molecular flexibility index (Phi) is 6.15. The Morgan fingerprint density at radius 1 is 1.25 bits per heavy atom. The second-order valence-corrected chi connectivity index (χ2v) is 6.62. The highest BCUT2D eigenvalue weighted by atomic mass is 16.3. The predicted molar refractivity (Wildman–Crippen MR) is 94.7 cm³/mol. The van der Waals surface area contributed by atoms with Crippen molar-refractivity contribution in [1.29, 1.82) is 0 Å². The summed E-state index contributed by atoms with van der Waals surface area (Å²) in [6.45, 7) is 8.96. The van der Waals surface area contributed by atoms with Crippen LogP contribution >= 0.6 is 0 Å². The summed E-state index contributed by atoms with van der Waals surface area (Å²) < 4.78 is 1.98. The van der Waals surface area contributed by atoms with E-state index in [0.29, 0.717) is 5.92 Å². The molecule has 2 rings (SSSR count). The minimum absolute atomic E-state index is 0.104. The van der Waals surface area contributed by atoms with Gasteiger partial charge in [0.25, 0.3) is 0 Å². The van der Waals surface area contributed by atoms with Gasteiger partial charge in [0.1, 0.15) is 0 Å².